The van der Waals surface area contributed by atoms with E-state index in [1.807, 2.05) is 0 Å². The van der Waals surface area contributed by atoms with E-state index in [1.165, 1.54) is 285 Å². The van der Waals surface area contributed by atoms with Crippen LogP contribution in [-0.4, -0.2) is 0 Å². The Morgan fingerprint density at radius 2 is 0.277 bits per heavy atom. The lowest BCUT2D eigenvalue weighted by Crippen LogP contribution is -1.95. The van der Waals surface area contributed by atoms with Crippen LogP contribution in [0.1, 0.15) is 0 Å². The highest BCUT2D eigenvalue weighted by Gasteiger charge is 2.28. The molecule has 29 aromatic rings. The highest BCUT2D eigenvalue weighted by molar-refractivity contribution is 6.31. The van der Waals surface area contributed by atoms with E-state index in [9.17, 15) is 0 Å². The maximum Gasteiger partial charge on any atom is -0.00139 e. The Balaban J connectivity index is 0.000000111. The molecule has 0 N–H and O–H groups in total. The van der Waals surface area contributed by atoms with Gasteiger partial charge in [0.2, 0.25) is 0 Å². The van der Waals surface area contributed by atoms with E-state index >= 15 is 0 Å². The molecule has 0 radical (unpaired) electrons. The molecule has 0 aliphatic rings. The molecule has 0 saturated carbocycles. The normalized spacial score (nSPS) is 11.5. The van der Waals surface area contributed by atoms with Crippen molar-refractivity contribution in [3.63, 3.8) is 0 Å². The van der Waals surface area contributed by atoms with Crippen molar-refractivity contribution in [3.05, 3.63) is 582 Å². The zero-order chi connectivity index (χ0) is 97.9. The van der Waals surface area contributed by atoms with Crippen LogP contribution in [0.5, 0.6) is 0 Å². The molecule has 29 rings (SSSR count). The van der Waals surface area contributed by atoms with Crippen molar-refractivity contribution in [1.29, 1.82) is 0 Å². The predicted octanol–water partition coefficient (Wildman–Crippen LogP) is 41.7. The molecule has 688 valence electrons. The number of hydrogen-bond acceptors (Lipinski definition) is 0. The Morgan fingerprint density at radius 1 is 0.0743 bits per heavy atom. The van der Waals surface area contributed by atoms with Crippen molar-refractivity contribution in [2.75, 3.05) is 0 Å². The predicted molar refractivity (Wildman–Crippen MR) is 638 cm³/mol. The molecule has 0 fully saturated rings. The number of rotatable bonds is 13. The molecule has 0 atom stereocenters. The van der Waals surface area contributed by atoms with Crippen LogP contribution in [0.15, 0.2) is 582 Å². The van der Waals surface area contributed by atoms with Gasteiger partial charge in [-0.05, 0) is 303 Å². The Labute approximate surface area is 860 Å². The second-order valence-electron chi connectivity index (χ2n) is 38.8. The summed E-state index contributed by atoms with van der Waals surface area (Å²) in [6.45, 7) is 0. The first-order valence-corrected chi connectivity index (χ1v) is 51.3. The first kappa shape index (κ1) is 87.8. The molecular weight excluding hydrogens is 1780 g/mol. The molecule has 29 aromatic carbocycles. The van der Waals surface area contributed by atoms with E-state index < -0.39 is 0 Å². The van der Waals surface area contributed by atoms with E-state index in [2.05, 4.69) is 582 Å². The molecule has 0 heterocycles. The topological polar surface area (TPSA) is 0 Å². The first-order chi connectivity index (χ1) is 73.5. The van der Waals surface area contributed by atoms with Gasteiger partial charge in [-0.25, -0.2) is 0 Å². The van der Waals surface area contributed by atoms with Gasteiger partial charge in [-0.2, -0.15) is 0 Å². The average Bonchev–Trinajstić information content (AvgIpc) is 0.718. The lowest BCUT2D eigenvalue weighted by Gasteiger charge is -2.22. The number of fused-ring (bicyclic) bond motifs is 13. The summed E-state index contributed by atoms with van der Waals surface area (Å²) >= 11 is 0. The summed E-state index contributed by atoms with van der Waals surface area (Å²) in [6, 6.07) is 214. The third-order valence-electron chi connectivity index (χ3n) is 30.6. The quantitative estimate of drug-likeness (QED) is 0.101. The van der Waals surface area contributed by atoms with Crippen LogP contribution in [0.2, 0.25) is 0 Å². The van der Waals surface area contributed by atoms with Crippen molar-refractivity contribution < 1.29 is 0 Å². The van der Waals surface area contributed by atoms with Crippen LogP contribution >= 0.6 is 0 Å². The number of benzene rings is 29. The van der Waals surface area contributed by atoms with E-state index in [1.54, 1.807) is 0 Å². The molecule has 0 bridgehead atoms. The molecule has 0 aromatic heterocycles. The molecular formula is C148H96. The third kappa shape index (κ3) is 15.6. The first-order valence-electron chi connectivity index (χ1n) is 51.3. The molecule has 0 heteroatoms. The van der Waals surface area contributed by atoms with Crippen molar-refractivity contribution >= 4 is 140 Å². The minimum atomic E-state index is 1.20. The summed E-state index contributed by atoms with van der Waals surface area (Å²) in [4.78, 5) is 0. The van der Waals surface area contributed by atoms with Crippen molar-refractivity contribution in [2.45, 2.75) is 0 Å². The van der Waals surface area contributed by atoms with Gasteiger partial charge in [0.1, 0.15) is 0 Å². The number of hydrogen-bond donors (Lipinski definition) is 0. The summed E-state index contributed by atoms with van der Waals surface area (Å²) in [5.41, 5.74) is 32.3. The monoisotopic (exact) mass is 1870 g/mol. The van der Waals surface area contributed by atoms with E-state index in [0.29, 0.717) is 0 Å². The largest absolute Gasteiger partial charge is 0.0622 e. The van der Waals surface area contributed by atoms with Gasteiger partial charge in [-0.3, -0.25) is 0 Å². The van der Waals surface area contributed by atoms with Crippen molar-refractivity contribution in [2.24, 2.45) is 0 Å². The lowest BCUT2D eigenvalue weighted by molar-refractivity contribution is 1.61. The van der Waals surface area contributed by atoms with Crippen LogP contribution in [0.3, 0.4) is 0 Å². The van der Waals surface area contributed by atoms with Gasteiger partial charge < -0.3 is 0 Å². The summed E-state index contributed by atoms with van der Waals surface area (Å²) in [5.74, 6) is 0. The zero-order valence-corrected chi connectivity index (χ0v) is 81.4. The Hall–Kier alpha value is -19.2. The molecule has 0 aliphatic carbocycles. The fourth-order valence-corrected chi connectivity index (χ4v) is 24.0. The summed E-state index contributed by atoms with van der Waals surface area (Å²) < 4.78 is 0. The second kappa shape index (κ2) is 37.9. The lowest BCUT2D eigenvalue weighted by atomic mass is 9.80. The molecule has 148 heavy (non-hydrogen) atoms. The van der Waals surface area contributed by atoms with Gasteiger partial charge in [0.25, 0.3) is 0 Å². The van der Waals surface area contributed by atoms with Crippen LogP contribution in [-0.2, 0) is 0 Å². The maximum atomic E-state index is 2.39. The summed E-state index contributed by atoms with van der Waals surface area (Å²) in [6.07, 6.45) is 0. The van der Waals surface area contributed by atoms with Gasteiger partial charge in [-0.1, -0.05) is 564 Å². The fraction of sp³-hybridized carbons (Fsp3) is 0. The molecule has 0 saturated heterocycles. The minimum absolute atomic E-state index is 1.20. The van der Waals surface area contributed by atoms with E-state index in [0.717, 1.165) is 0 Å². The fourth-order valence-electron chi connectivity index (χ4n) is 24.0. The maximum absolute atomic E-state index is 2.39. The van der Waals surface area contributed by atoms with E-state index in [-0.39, 0.29) is 0 Å². The van der Waals surface area contributed by atoms with Crippen molar-refractivity contribution in [1.82, 2.24) is 0 Å². The zero-order valence-electron chi connectivity index (χ0n) is 81.4. The van der Waals surface area contributed by atoms with Gasteiger partial charge in [0.05, 0.1) is 0 Å². The van der Waals surface area contributed by atoms with Crippen LogP contribution < -0.4 is 0 Å². The average molecular weight is 1870 g/mol. The van der Waals surface area contributed by atoms with E-state index in [4.69, 9.17) is 0 Å². The van der Waals surface area contributed by atoms with Crippen LogP contribution in [0.25, 0.3) is 285 Å². The Bertz CT molecular complexity index is 10300. The Morgan fingerprint density at radius 3 is 0.682 bits per heavy atom. The molecule has 0 nitrogen and oxygen atoms in total. The summed E-state index contributed by atoms with van der Waals surface area (Å²) in [5, 5.41) is 32.8. The summed E-state index contributed by atoms with van der Waals surface area (Å²) in [7, 11) is 0. The third-order valence-corrected chi connectivity index (χ3v) is 30.6. The highest BCUT2D eigenvalue weighted by atomic mass is 14.3. The highest BCUT2D eigenvalue weighted by Crippen LogP contribution is 2.55. The molecule has 0 amide bonds. The smallest absolute Gasteiger partial charge is 0.00139 e. The SMILES string of the molecule is c1cc(-c2cccc3ccccc23)cc(-c2cccc3c(-c4cccc5ccccc45)c4ccccc4c(-c4cccc5ccccc45)c23)c1.c1ccc(-c2c3ccccc3c(-c3cccc4ccccc34)c3cccc(-c4ccc(-c5cccc6ccccc56)cc4)c23)c(-c2ccc3ccccc3c2)c1.c1ccc(-c2c3ccccc3c(-c3ccccc3)c3c(-c4cccc(-c5cccc6ccccc56)c4)cccc23)cc1. The molecule has 0 unspecified atom stereocenters. The van der Waals surface area contributed by atoms with Gasteiger partial charge >= 0.3 is 0 Å². The van der Waals surface area contributed by atoms with Crippen LogP contribution in [0.4, 0.5) is 0 Å². The van der Waals surface area contributed by atoms with Crippen LogP contribution in [0, 0.1) is 0 Å². The molecule has 0 spiro atoms. The van der Waals surface area contributed by atoms with Gasteiger partial charge in [-0.15, -0.1) is 0 Å². The second-order valence-corrected chi connectivity index (χ2v) is 38.8. The minimum Gasteiger partial charge on any atom is -0.0622 e. The Kier molecular flexibility index (Phi) is 22.5. The van der Waals surface area contributed by atoms with Gasteiger partial charge in [0.15, 0.2) is 0 Å². The molecule has 0 aliphatic heterocycles. The van der Waals surface area contributed by atoms with Crippen molar-refractivity contribution in [3.8, 4) is 145 Å². The van der Waals surface area contributed by atoms with Gasteiger partial charge in [0, 0.05) is 0 Å². The standard InChI is InChI=1S/C56H36.C50H32.C42H28/c1-2-17-42-36-43(35-30-37(42)14-1)47-22-7-8-23-50(47)56-52-25-10-9-24-51(52)54(49-28-12-19-39-16-4-6-21-46(39)49)53-29-13-27-48(55(53)56)41-33-31-40(32-34-41)45-26-11-18-38-15-3-5-20-44(38)45;1-4-22-38-33(14-1)17-10-27-41(38)36-20-9-21-37(32-36)42-28-13-31-47-48(43-29-11-18-34-15-2-5-23-39(34)43)45-25-7-8-26-46(45)50(49(42)47)44-30-12-19-35-16-3-6-24-40(35)44;1-3-15-30(16-4-1)40-37-23-9-10-24-38(37)41(31-17-5-2-6-18-31)42-36(26-13-27-39(40)42)33-21-11-20-32(28-33)35-25-12-19-29-14-7-8-22-34(29)35/h1-36H;1-32H;1-28H.